The first-order chi connectivity index (χ1) is 39.5. The zero-order valence-electron chi connectivity index (χ0n) is 46.8. The lowest BCUT2D eigenvalue weighted by atomic mass is 10.1. The SMILES string of the molecule is CCC(C)C(=O)OCCc1ccc(N=Nc2cc3sc(N=Nc4ccc(N(CC)CC)cc4)nc3s2)cc1.CCCCC(=O)OCCCCOC(=O)c1ccc(N=Nc2cc3sc(N=Nc4ccc(N(CC)CC)cc4)nc3s2)cc1. The second kappa shape index (κ2) is 32.1. The molecule has 22 heteroatoms. The van der Waals surface area contributed by atoms with Crippen LogP contribution in [0.4, 0.5) is 54.4 Å². The molecule has 0 fully saturated rings. The van der Waals surface area contributed by atoms with Gasteiger partial charge in [-0.1, -0.05) is 84.7 Å². The molecule has 8 rings (SSSR count). The fraction of sp³-hybridized carbons (Fsp3) is 0.373. The number of rotatable bonds is 28. The van der Waals surface area contributed by atoms with Crippen LogP contribution in [0.25, 0.3) is 19.1 Å². The van der Waals surface area contributed by atoms with Crippen molar-refractivity contribution in [2.75, 3.05) is 55.8 Å². The van der Waals surface area contributed by atoms with Crippen LogP contribution in [0.1, 0.15) is 103 Å². The molecule has 0 saturated heterocycles. The Balaban J connectivity index is 0.000000235. The molecule has 1 unspecified atom stereocenters. The molecule has 0 amide bonds. The number of hydrogen-bond acceptors (Lipinski definition) is 22. The molecule has 81 heavy (non-hydrogen) atoms. The average Bonchev–Trinajstić information content (AvgIpc) is 4.41. The third-order valence-electron chi connectivity index (χ3n) is 12.6. The minimum Gasteiger partial charge on any atom is -0.466 e. The number of esters is 3. The molecule has 4 heterocycles. The maximum Gasteiger partial charge on any atom is 0.338 e. The van der Waals surface area contributed by atoms with Crippen LogP contribution >= 0.6 is 45.3 Å². The van der Waals surface area contributed by atoms with Crippen molar-refractivity contribution in [2.45, 2.75) is 93.4 Å². The van der Waals surface area contributed by atoms with Gasteiger partial charge in [0.1, 0.15) is 19.7 Å². The molecule has 4 aromatic heterocycles. The highest BCUT2D eigenvalue weighted by atomic mass is 32.1. The molecule has 0 bridgehead atoms. The largest absolute Gasteiger partial charge is 0.466 e. The van der Waals surface area contributed by atoms with E-state index >= 15 is 0 Å². The maximum atomic E-state index is 12.3. The fourth-order valence-electron chi connectivity index (χ4n) is 7.66. The van der Waals surface area contributed by atoms with Gasteiger partial charge in [-0.3, -0.25) is 9.59 Å². The first-order valence-corrected chi connectivity index (χ1v) is 30.6. The van der Waals surface area contributed by atoms with Gasteiger partial charge in [-0.25, -0.2) is 14.8 Å². The van der Waals surface area contributed by atoms with E-state index in [1.54, 1.807) is 24.3 Å². The summed E-state index contributed by atoms with van der Waals surface area (Å²) in [6.07, 6.45) is 4.99. The van der Waals surface area contributed by atoms with Crippen molar-refractivity contribution in [3.05, 3.63) is 120 Å². The van der Waals surface area contributed by atoms with E-state index in [1.165, 1.54) is 56.7 Å². The van der Waals surface area contributed by atoms with Crippen LogP contribution in [0.2, 0.25) is 0 Å². The van der Waals surface area contributed by atoms with Gasteiger partial charge in [0.25, 0.3) is 0 Å². The summed E-state index contributed by atoms with van der Waals surface area (Å²) in [4.78, 5) is 51.0. The lowest BCUT2D eigenvalue weighted by Crippen LogP contribution is -2.21. The van der Waals surface area contributed by atoms with Gasteiger partial charge < -0.3 is 24.0 Å². The summed E-state index contributed by atoms with van der Waals surface area (Å²) >= 11 is 5.83. The van der Waals surface area contributed by atoms with Crippen molar-refractivity contribution in [1.29, 1.82) is 0 Å². The van der Waals surface area contributed by atoms with Gasteiger partial charge in [0, 0.05) is 50.4 Å². The summed E-state index contributed by atoms with van der Waals surface area (Å²) in [5.41, 5.74) is 6.83. The molecule has 0 aliphatic heterocycles. The number of azo groups is 4. The lowest BCUT2D eigenvalue weighted by Gasteiger charge is -2.20. The van der Waals surface area contributed by atoms with E-state index in [4.69, 9.17) is 14.2 Å². The number of thiazole rings is 2. The predicted octanol–water partition coefficient (Wildman–Crippen LogP) is 18.9. The highest BCUT2D eigenvalue weighted by Crippen LogP contribution is 2.41. The Morgan fingerprint density at radius 3 is 1.40 bits per heavy atom. The second-order valence-corrected chi connectivity index (χ2v) is 22.3. The Morgan fingerprint density at radius 2 is 0.951 bits per heavy atom. The van der Waals surface area contributed by atoms with Crippen molar-refractivity contribution in [3.63, 3.8) is 0 Å². The molecule has 18 nitrogen and oxygen atoms in total. The Labute approximate surface area is 488 Å². The fourth-order valence-corrected chi connectivity index (χ4v) is 11.4. The van der Waals surface area contributed by atoms with Gasteiger partial charge in [-0.2, -0.15) is 0 Å². The number of thiophene rings is 2. The minimum atomic E-state index is -0.405. The minimum absolute atomic E-state index is 0.0581. The van der Waals surface area contributed by atoms with Gasteiger partial charge in [0.2, 0.25) is 10.3 Å². The Hall–Kier alpha value is -7.53. The summed E-state index contributed by atoms with van der Waals surface area (Å²) in [5.74, 6) is -0.777. The van der Waals surface area contributed by atoms with E-state index in [2.05, 4.69) is 113 Å². The first-order valence-electron chi connectivity index (χ1n) is 27.3. The molecule has 8 aromatic rings. The molecule has 4 aromatic carbocycles. The number of carbonyl (C=O) groups excluding carboxylic acids is 3. The number of benzene rings is 4. The summed E-state index contributed by atoms with van der Waals surface area (Å²) < 4.78 is 17.8. The number of nitrogens with zero attached hydrogens (tertiary/aromatic N) is 12. The quantitative estimate of drug-likeness (QED) is 0.0196. The van der Waals surface area contributed by atoms with Crippen LogP contribution in [-0.4, -0.2) is 73.9 Å². The summed E-state index contributed by atoms with van der Waals surface area (Å²) in [7, 11) is 0. The predicted molar refractivity (Wildman–Crippen MR) is 329 cm³/mol. The van der Waals surface area contributed by atoms with Crippen LogP contribution in [0, 0.1) is 5.92 Å². The summed E-state index contributed by atoms with van der Waals surface area (Å²) in [5, 5.41) is 37.4. The van der Waals surface area contributed by atoms with Crippen molar-refractivity contribution >= 4 is 137 Å². The zero-order chi connectivity index (χ0) is 57.3. The smallest absolute Gasteiger partial charge is 0.338 e. The van der Waals surface area contributed by atoms with Crippen LogP contribution in [-0.2, 0) is 30.2 Å². The molecule has 424 valence electrons. The number of anilines is 2. The highest BCUT2D eigenvalue weighted by Gasteiger charge is 2.14. The average molecular weight is 1170 g/mol. The van der Waals surface area contributed by atoms with Gasteiger partial charge in [0.05, 0.1) is 63.5 Å². The van der Waals surface area contributed by atoms with E-state index in [-0.39, 0.29) is 24.5 Å². The van der Waals surface area contributed by atoms with Crippen molar-refractivity contribution in [2.24, 2.45) is 46.8 Å². The monoisotopic (exact) mass is 1170 g/mol. The van der Waals surface area contributed by atoms with E-state index < -0.39 is 5.97 Å². The summed E-state index contributed by atoms with van der Waals surface area (Å²) in [6, 6.07) is 34.6. The number of unbranched alkanes of at least 4 members (excludes halogenated alkanes) is 2. The molecule has 0 radical (unpaired) electrons. The topological polar surface area (TPSA) is 210 Å². The third kappa shape index (κ3) is 19.0. The van der Waals surface area contributed by atoms with E-state index in [0.29, 0.717) is 60.4 Å². The number of aromatic nitrogens is 2. The van der Waals surface area contributed by atoms with Crippen molar-refractivity contribution in [3.8, 4) is 0 Å². The molecular weight excluding hydrogens is 1100 g/mol. The second-order valence-electron chi connectivity index (χ2n) is 18.3. The molecule has 1 atom stereocenters. The van der Waals surface area contributed by atoms with Crippen LogP contribution in [0.5, 0.6) is 0 Å². The van der Waals surface area contributed by atoms with E-state index in [0.717, 1.165) is 97.1 Å². The van der Waals surface area contributed by atoms with Crippen LogP contribution in [0.3, 0.4) is 0 Å². The van der Waals surface area contributed by atoms with Crippen LogP contribution < -0.4 is 9.80 Å². The normalized spacial score (nSPS) is 12.0. The first kappa shape index (κ1) is 61.1. The highest BCUT2D eigenvalue weighted by molar-refractivity contribution is 7.31. The Morgan fingerprint density at radius 1 is 0.506 bits per heavy atom. The molecule has 0 saturated carbocycles. The molecule has 0 N–H and O–H groups in total. The number of fused-ring (bicyclic) bond motifs is 2. The van der Waals surface area contributed by atoms with Gasteiger partial charge in [-0.05, 0) is 156 Å². The van der Waals surface area contributed by atoms with Gasteiger partial charge in [0.15, 0.2) is 0 Å². The molecular formula is C59H68N12O6S4. The molecule has 0 aliphatic rings. The molecule has 0 aliphatic carbocycles. The summed E-state index contributed by atoms with van der Waals surface area (Å²) in [6.45, 7) is 19.3. The Kier molecular flexibility index (Phi) is 24.2. The van der Waals surface area contributed by atoms with E-state index in [1.807, 2.05) is 81.4 Å². The molecule has 0 spiro atoms. The van der Waals surface area contributed by atoms with E-state index in [9.17, 15) is 14.4 Å². The van der Waals surface area contributed by atoms with Crippen molar-refractivity contribution < 1.29 is 28.6 Å². The van der Waals surface area contributed by atoms with Gasteiger partial charge >= 0.3 is 17.9 Å². The number of hydrogen-bond donors (Lipinski definition) is 0. The Bertz CT molecular complexity index is 3300. The third-order valence-corrected chi connectivity index (χ3v) is 16.4. The van der Waals surface area contributed by atoms with Gasteiger partial charge in [-0.15, -0.1) is 40.9 Å². The van der Waals surface area contributed by atoms with Crippen molar-refractivity contribution in [1.82, 2.24) is 9.97 Å². The standard InChI is InChI=1S/C31H36N6O4S2.C28H32N6O2S2/c1-4-7-10-28(38)40-19-8-9-20-41-30(39)22-11-13-23(14-12-22)33-35-27-21-26-29(43-27)32-31(42-26)36-34-24-15-17-25(18-16-24)37(5-2)6-3;1-5-19(4)27(35)36-17-16-20-8-10-21(11-9-20)30-32-25-18-24-26(38-25)29-28(37-24)33-31-22-12-14-23(15-13-22)34(6-2)7-3/h11-18,21H,4-10,19-20H2,1-3H3;8-15,18-19H,5-7,16-17H2,1-4H3. The van der Waals surface area contributed by atoms with Crippen LogP contribution in [0.15, 0.2) is 150 Å². The lowest BCUT2D eigenvalue weighted by molar-refractivity contribution is -0.148. The maximum absolute atomic E-state index is 12.3. The number of ether oxygens (including phenoxy) is 3. The zero-order valence-corrected chi connectivity index (χ0v) is 50.1. The number of carbonyl (C=O) groups is 3.